The maximum atomic E-state index is 12.6. The molecule has 1 aromatic rings. The van der Waals surface area contributed by atoms with E-state index in [4.69, 9.17) is 0 Å². The first-order valence-electron chi connectivity index (χ1n) is 9.77. The first-order chi connectivity index (χ1) is 13.3. The highest BCUT2D eigenvalue weighted by Gasteiger charge is 2.31. The summed E-state index contributed by atoms with van der Waals surface area (Å²) in [6.45, 7) is 2.74. The molecule has 2 aliphatic rings. The van der Waals surface area contributed by atoms with E-state index in [2.05, 4.69) is 0 Å². The van der Waals surface area contributed by atoms with E-state index in [9.17, 15) is 22.8 Å². The van der Waals surface area contributed by atoms with Crippen molar-refractivity contribution in [2.24, 2.45) is 5.92 Å². The predicted molar refractivity (Wildman–Crippen MR) is 100 cm³/mol. The molecule has 0 bridgehead atoms. The molecule has 2 fully saturated rings. The zero-order chi connectivity index (χ0) is 20.1. The normalized spacial score (nSPS) is 19.2. The number of benzene rings is 1. The largest absolute Gasteiger partial charge is 0.416 e. The number of nitrogens with zero attached hydrogens (tertiary/aromatic N) is 2. The molecule has 7 heteroatoms. The number of piperidine rings is 2. The summed E-state index contributed by atoms with van der Waals surface area (Å²) in [5.41, 5.74) is -0.173. The Hall–Kier alpha value is -2.31. The van der Waals surface area contributed by atoms with Crippen molar-refractivity contribution < 1.29 is 22.8 Å². The van der Waals surface area contributed by atoms with Crippen molar-refractivity contribution in [2.75, 3.05) is 26.2 Å². The zero-order valence-electron chi connectivity index (χ0n) is 15.8. The van der Waals surface area contributed by atoms with E-state index in [0.717, 1.165) is 38.1 Å². The number of hydrogen-bond acceptors (Lipinski definition) is 2. The minimum Gasteiger partial charge on any atom is -0.342 e. The van der Waals surface area contributed by atoms with Crippen LogP contribution in [0.2, 0.25) is 0 Å². The van der Waals surface area contributed by atoms with Gasteiger partial charge in [0.25, 0.3) is 0 Å². The summed E-state index contributed by atoms with van der Waals surface area (Å²) in [4.78, 5) is 28.6. The Morgan fingerprint density at radius 3 is 2.07 bits per heavy atom. The van der Waals surface area contributed by atoms with Crippen LogP contribution in [-0.2, 0) is 15.8 Å². The first-order valence-corrected chi connectivity index (χ1v) is 9.77. The van der Waals surface area contributed by atoms with Gasteiger partial charge < -0.3 is 9.80 Å². The molecule has 0 spiro atoms. The summed E-state index contributed by atoms with van der Waals surface area (Å²) < 4.78 is 37.7. The van der Waals surface area contributed by atoms with Crippen LogP contribution < -0.4 is 0 Å². The summed E-state index contributed by atoms with van der Waals surface area (Å²) in [6.07, 6.45) is 3.18. The summed E-state index contributed by atoms with van der Waals surface area (Å²) in [5.74, 6) is 0.0249. The number of carbonyl (C=O) groups excluding carboxylic acids is 2. The van der Waals surface area contributed by atoms with Crippen LogP contribution in [0.4, 0.5) is 13.2 Å². The molecular formula is C21H25F3N2O2. The van der Waals surface area contributed by atoms with Crippen LogP contribution in [0.3, 0.4) is 0 Å². The molecule has 0 N–H and O–H groups in total. The molecule has 2 aliphatic heterocycles. The van der Waals surface area contributed by atoms with Gasteiger partial charge in [-0.05, 0) is 55.9 Å². The molecule has 0 atom stereocenters. The Kier molecular flexibility index (Phi) is 6.42. The third kappa shape index (κ3) is 5.14. The molecule has 0 aliphatic carbocycles. The average molecular weight is 394 g/mol. The number of amides is 2. The van der Waals surface area contributed by atoms with E-state index < -0.39 is 11.7 Å². The van der Waals surface area contributed by atoms with Crippen molar-refractivity contribution in [3.05, 3.63) is 41.5 Å². The summed E-state index contributed by atoms with van der Waals surface area (Å²) in [5, 5.41) is 0. The molecule has 152 valence electrons. The van der Waals surface area contributed by atoms with Crippen LogP contribution in [-0.4, -0.2) is 47.8 Å². The van der Waals surface area contributed by atoms with Gasteiger partial charge in [0.05, 0.1) is 5.56 Å². The lowest BCUT2D eigenvalue weighted by Gasteiger charge is -2.35. The second-order valence-electron chi connectivity index (χ2n) is 7.44. The summed E-state index contributed by atoms with van der Waals surface area (Å²) in [6, 6.07) is 4.69. The van der Waals surface area contributed by atoms with Crippen molar-refractivity contribution in [3.63, 3.8) is 0 Å². The standard InChI is InChI=1S/C21H25F3N2O2/c22-21(23,24)18-7-4-16(5-8-18)6-9-19(27)25-14-10-17(11-15-25)20(28)26-12-2-1-3-13-26/h4-9,17H,1-3,10-15H2. The maximum absolute atomic E-state index is 12.6. The minimum atomic E-state index is -4.37. The van der Waals surface area contributed by atoms with Gasteiger partial charge in [-0.25, -0.2) is 0 Å². The van der Waals surface area contributed by atoms with Crippen LogP contribution in [0.1, 0.15) is 43.2 Å². The van der Waals surface area contributed by atoms with E-state index in [1.807, 2.05) is 4.90 Å². The predicted octanol–water partition coefficient (Wildman–Crippen LogP) is 3.97. The van der Waals surface area contributed by atoms with Crippen molar-refractivity contribution in [2.45, 2.75) is 38.3 Å². The third-order valence-electron chi connectivity index (χ3n) is 5.48. The van der Waals surface area contributed by atoms with Crippen molar-refractivity contribution in [1.82, 2.24) is 9.80 Å². The van der Waals surface area contributed by atoms with Crippen LogP contribution >= 0.6 is 0 Å². The number of hydrogen-bond donors (Lipinski definition) is 0. The fraction of sp³-hybridized carbons (Fsp3) is 0.524. The molecule has 0 unspecified atom stereocenters. The Labute approximate surface area is 163 Å². The highest BCUT2D eigenvalue weighted by Crippen LogP contribution is 2.29. The SMILES string of the molecule is O=C(C=Cc1ccc(C(F)(F)F)cc1)N1CCC(C(=O)N2CCCCC2)CC1. The van der Waals surface area contributed by atoms with Gasteiger partial charge in [0, 0.05) is 38.2 Å². The Morgan fingerprint density at radius 1 is 0.893 bits per heavy atom. The second-order valence-corrected chi connectivity index (χ2v) is 7.44. The molecule has 4 nitrogen and oxygen atoms in total. The number of likely N-dealkylation sites (tertiary alicyclic amines) is 2. The molecule has 2 amide bonds. The Morgan fingerprint density at radius 2 is 1.50 bits per heavy atom. The van der Waals surface area contributed by atoms with E-state index in [1.54, 1.807) is 4.90 Å². The molecule has 0 aromatic heterocycles. The van der Waals surface area contributed by atoms with Crippen molar-refractivity contribution in [3.8, 4) is 0 Å². The fourth-order valence-electron chi connectivity index (χ4n) is 3.78. The smallest absolute Gasteiger partial charge is 0.342 e. The topological polar surface area (TPSA) is 40.6 Å². The fourth-order valence-corrected chi connectivity index (χ4v) is 3.78. The molecule has 28 heavy (non-hydrogen) atoms. The monoisotopic (exact) mass is 394 g/mol. The molecule has 1 aromatic carbocycles. The number of carbonyl (C=O) groups is 2. The highest BCUT2D eigenvalue weighted by molar-refractivity contribution is 5.92. The van der Waals surface area contributed by atoms with Crippen molar-refractivity contribution in [1.29, 1.82) is 0 Å². The molecule has 2 heterocycles. The summed E-state index contributed by atoms with van der Waals surface area (Å²) in [7, 11) is 0. The van der Waals surface area contributed by atoms with Gasteiger partial charge in [0.1, 0.15) is 0 Å². The Balaban J connectivity index is 1.49. The maximum Gasteiger partial charge on any atom is 0.416 e. The van der Waals surface area contributed by atoms with E-state index in [-0.39, 0.29) is 17.7 Å². The molecule has 3 rings (SSSR count). The van der Waals surface area contributed by atoms with E-state index >= 15 is 0 Å². The van der Waals surface area contributed by atoms with Gasteiger partial charge in [-0.2, -0.15) is 13.2 Å². The molecular weight excluding hydrogens is 369 g/mol. The third-order valence-corrected chi connectivity index (χ3v) is 5.48. The van der Waals surface area contributed by atoms with Gasteiger partial charge in [-0.15, -0.1) is 0 Å². The van der Waals surface area contributed by atoms with E-state index in [1.165, 1.54) is 30.7 Å². The zero-order valence-corrected chi connectivity index (χ0v) is 15.8. The second kappa shape index (κ2) is 8.80. The van der Waals surface area contributed by atoms with Gasteiger partial charge in [-0.3, -0.25) is 9.59 Å². The van der Waals surface area contributed by atoms with Crippen LogP contribution in [0.15, 0.2) is 30.3 Å². The number of halogens is 3. The van der Waals surface area contributed by atoms with E-state index in [0.29, 0.717) is 31.5 Å². The lowest BCUT2D eigenvalue weighted by molar-refractivity contribution is -0.140. The van der Waals surface area contributed by atoms with Gasteiger partial charge >= 0.3 is 6.18 Å². The quantitative estimate of drug-likeness (QED) is 0.728. The van der Waals surface area contributed by atoms with Gasteiger partial charge in [-0.1, -0.05) is 12.1 Å². The average Bonchev–Trinajstić information content (AvgIpc) is 2.72. The lowest BCUT2D eigenvalue weighted by atomic mass is 9.94. The van der Waals surface area contributed by atoms with Gasteiger partial charge in [0.15, 0.2) is 0 Å². The molecule has 0 saturated carbocycles. The Bertz CT molecular complexity index is 714. The van der Waals surface area contributed by atoms with Crippen LogP contribution in [0.25, 0.3) is 6.08 Å². The summed E-state index contributed by atoms with van der Waals surface area (Å²) >= 11 is 0. The minimum absolute atomic E-state index is 0.0129. The highest BCUT2D eigenvalue weighted by atomic mass is 19.4. The number of alkyl halides is 3. The number of rotatable bonds is 3. The van der Waals surface area contributed by atoms with Crippen molar-refractivity contribution >= 4 is 17.9 Å². The lowest BCUT2D eigenvalue weighted by Crippen LogP contribution is -2.45. The van der Waals surface area contributed by atoms with Crippen LogP contribution in [0.5, 0.6) is 0 Å². The van der Waals surface area contributed by atoms with Crippen LogP contribution in [0, 0.1) is 5.92 Å². The molecule has 2 saturated heterocycles. The first kappa shape index (κ1) is 20.4. The van der Waals surface area contributed by atoms with Gasteiger partial charge in [0.2, 0.25) is 11.8 Å². The molecule has 0 radical (unpaired) electrons.